The van der Waals surface area contributed by atoms with E-state index in [4.69, 9.17) is 9.47 Å². The van der Waals surface area contributed by atoms with Crippen LogP contribution in [-0.2, 0) is 19.1 Å². The molecule has 8 heteroatoms. The highest BCUT2D eigenvalue weighted by Gasteiger charge is 2.41. The summed E-state index contributed by atoms with van der Waals surface area (Å²) >= 11 is 0. The predicted octanol–water partition coefficient (Wildman–Crippen LogP) is 3.40. The van der Waals surface area contributed by atoms with Gasteiger partial charge in [-0.15, -0.1) is 0 Å². The SMILES string of the molecule is O=C(NCC1CCOC1C(=O)N1CCCCC1C(=O)O)OCC1c2ccccc2-c2ccccc21. The van der Waals surface area contributed by atoms with E-state index in [9.17, 15) is 19.5 Å². The van der Waals surface area contributed by atoms with E-state index in [-0.39, 0.29) is 30.9 Å². The Bertz CT molecular complexity index is 1070. The number of amides is 2. The molecule has 5 rings (SSSR count). The first-order chi connectivity index (χ1) is 17.0. The van der Waals surface area contributed by atoms with Crippen molar-refractivity contribution in [2.24, 2.45) is 5.92 Å². The second-order valence-electron chi connectivity index (χ2n) is 9.43. The number of carboxylic acid groups (broad SMARTS) is 1. The zero-order valence-electron chi connectivity index (χ0n) is 19.5. The Hall–Kier alpha value is -3.39. The van der Waals surface area contributed by atoms with Crippen molar-refractivity contribution in [1.82, 2.24) is 10.2 Å². The lowest BCUT2D eigenvalue weighted by atomic mass is 9.96. The van der Waals surface area contributed by atoms with Crippen LogP contribution in [0, 0.1) is 5.92 Å². The van der Waals surface area contributed by atoms with Gasteiger partial charge in [-0.25, -0.2) is 9.59 Å². The summed E-state index contributed by atoms with van der Waals surface area (Å²) in [5, 5.41) is 12.3. The number of carbonyl (C=O) groups is 3. The summed E-state index contributed by atoms with van der Waals surface area (Å²) in [5.74, 6) is -1.53. The number of rotatable bonds is 6. The third-order valence-corrected chi connectivity index (χ3v) is 7.38. The maximum atomic E-state index is 13.1. The number of fused-ring (bicyclic) bond motifs is 3. The number of nitrogens with zero attached hydrogens (tertiary/aromatic N) is 1. The molecule has 184 valence electrons. The Labute approximate surface area is 204 Å². The topological polar surface area (TPSA) is 105 Å². The average Bonchev–Trinajstić information content (AvgIpc) is 3.48. The van der Waals surface area contributed by atoms with Gasteiger partial charge in [-0.2, -0.15) is 0 Å². The van der Waals surface area contributed by atoms with Crippen LogP contribution in [0.1, 0.15) is 42.7 Å². The Morgan fingerprint density at radius 2 is 1.69 bits per heavy atom. The second-order valence-corrected chi connectivity index (χ2v) is 9.43. The third kappa shape index (κ3) is 4.62. The van der Waals surface area contributed by atoms with E-state index >= 15 is 0 Å². The Kier molecular flexibility index (Phi) is 6.72. The smallest absolute Gasteiger partial charge is 0.407 e. The summed E-state index contributed by atoms with van der Waals surface area (Å²) in [6.45, 7) is 1.28. The average molecular weight is 479 g/mol. The van der Waals surface area contributed by atoms with Gasteiger partial charge >= 0.3 is 12.1 Å². The maximum absolute atomic E-state index is 13.1. The van der Waals surface area contributed by atoms with Crippen LogP contribution in [0.5, 0.6) is 0 Å². The van der Waals surface area contributed by atoms with Crippen LogP contribution >= 0.6 is 0 Å². The summed E-state index contributed by atoms with van der Waals surface area (Å²) in [6.07, 6.45) is 1.36. The van der Waals surface area contributed by atoms with E-state index in [2.05, 4.69) is 29.6 Å². The quantitative estimate of drug-likeness (QED) is 0.659. The van der Waals surface area contributed by atoms with Gasteiger partial charge in [-0.3, -0.25) is 4.79 Å². The Morgan fingerprint density at radius 3 is 2.37 bits per heavy atom. The summed E-state index contributed by atoms with van der Waals surface area (Å²) in [7, 11) is 0. The number of benzene rings is 2. The van der Waals surface area contributed by atoms with Gasteiger partial charge in [0.2, 0.25) is 0 Å². The van der Waals surface area contributed by atoms with E-state index in [1.165, 1.54) is 16.0 Å². The van der Waals surface area contributed by atoms with Crippen molar-refractivity contribution >= 4 is 18.0 Å². The van der Waals surface area contributed by atoms with Crippen LogP contribution in [0.3, 0.4) is 0 Å². The standard InChI is InChI=1S/C27H30N2O6/c30-25(29-13-6-5-11-23(29)26(31)32)24-17(12-14-34-24)15-28-27(33)35-16-22-20-9-3-1-7-18(20)19-8-2-4-10-21(19)22/h1-4,7-10,17,22-24H,5-6,11-16H2,(H,28,33)(H,31,32). The number of likely N-dealkylation sites (tertiary alicyclic amines) is 1. The molecule has 0 saturated carbocycles. The summed E-state index contributed by atoms with van der Waals surface area (Å²) in [6, 6.07) is 15.5. The van der Waals surface area contributed by atoms with Crippen LogP contribution in [0.4, 0.5) is 4.79 Å². The van der Waals surface area contributed by atoms with Gasteiger partial charge in [-0.05, 0) is 47.9 Å². The summed E-state index contributed by atoms with van der Waals surface area (Å²) < 4.78 is 11.3. The van der Waals surface area contributed by atoms with Crippen molar-refractivity contribution < 1.29 is 29.0 Å². The van der Waals surface area contributed by atoms with Crippen molar-refractivity contribution in [2.75, 3.05) is 26.3 Å². The molecule has 2 aliphatic heterocycles. The molecule has 1 aliphatic carbocycles. The van der Waals surface area contributed by atoms with Gasteiger partial charge in [-0.1, -0.05) is 48.5 Å². The number of carbonyl (C=O) groups excluding carboxylic acids is 2. The molecule has 2 saturated heterocycles. The minimum absolute atomic E-state index is 0.0238. The van der Waals surface area contributed by atoms with Crippen LogP contribution in [0.25, 0.3) is 11.1 Å². The fourth-order valence-corrected chi connectivity index (χ4v) is 5.60. The van der Waals surface area contributed by atoms with Crippen molar-refractivity contribution in [3.05, 3.63) is 59.7 Å². The molecular formula is C27H30N2O6. The first-order valence-electron chi connectivity index (χ1n) is 12.3. The molecule has 0 bridgehead atoms. The van der Waals surface area contributed by atoms with Crippen molar-refractivity contribution in [3.8, 4) is 11.1 Å². The van der Waals surface area contributed by atoms with Gasteiger partial charge < -0.3 is 24.8 Å². The normalized spacial score (nSPS) is 23.4. The first kappa shape index (κ1) is 23.4. The molecule has 35 heavy (non-hydrogen) atoms. The van der Waals surface area contributed by atoms with Crippen molar-refractivity contribution in [2.45, 2.75) is 43.7 Å². The number of aliphatic carboxylic acids is 1. The molecule has 2 aromatic rings. The number of carboxylic acids is 1. The van der Waals surface area contributed by atoms with E-state index in [1.807, 2.05) is 24.3 Å². The lowest BCUT2D eigenvalue weighted by Crippen LogP contribution is -2.53. The molecule has 2 N–H and O–H groups in total. The first-order valence-corrected chi connectivity index (χ1v) is 12.3. The number of piperidine rings is 1. The number of alkyl carbamates (subject to hydrolysis) is 1. The molecule has 3 atom stereocenters. The molecule has 3 unspecified atom stereocenters. The fourth-order valence-electron chi connectivity index (χ4n) is 5.60. The van der Waals surface area contributed by atoms with Crippen LogP contribution < -0.4 is 5.32 Å². The number of nitrogens with one attached hydrogen (secondary N) is 1. The van der Waals surface area contributed by atoms with E-state index < -0.39 is 24.2 Å². The molecule has 2 amide bonds. The number of hydrogen-bond donors (Lipinski definition) is 2. The summed E-state index contributed by atoms with van der Waals surface area (Å²) in [4.78, 5) is 38.7. The van der Waals surface area contributed by atoms with Gasteiger partial charge in [0.25, 0.3) is 5.91 Å². The maximum Gasteiger partial charge on any atom is 0.407 e. The van der Waals surface area contributed by atoms with Crippen LogP contribution in [-0.4, -0.2) is 66.4 Å². The van der Waals surface area contributed by atoms with E-state index in [1.54, 1.807) is 0 Å². The fraction of sp³-hybridized carbons (Fsp3) is 0.444. The monoisotopic (exact) mass is 478 g/mol. The van der Waals surface area contributed by atoms with Crippen LogP contribution in [0.2, 0.25) is 0 Å². The Balaban J connectivity index is 1.17. The second kappa shape index (κ2) is 10.1. The predicted molar refractivity (Wildman–Crippen MR) is 128 cm³/mol. The highest BCUT2D eigenvalue weighted by atomic mass is 16.5. The van der Waals surface area contributed by atoms with Gasteiger partial charge in [0, 0.05) is 31.5 Å². The lowest BCUT2D eigenvalue weighted by molar-refractivity contribution is -0.157. The molecule has 0 radical (unpaired) electrons. The molecule has 2 aromatic carbocycles. The molecular weight excluding hydrogens is 448 g/mol. The molecule has 2 heterocycles. The lowest BCUT2D eigenvalue weighted by Gasteiger charge is -2.35. The Morgan fingerprint density at radius 1 is 1.00 bits per heavy atom. The van der Waals surface area contributed by atoms with Crippen molar-refractivity contribution in [3.63, 3.8) is 0 Å². The molecule has 2 fully saturated rings. The zero-order chi connectivity index (χ0) is 24.4. The number of ether oxygens (including phenoxy) is 2. The molecule has 3 aliphatic rings. The van der Waals surface area contributed by atoms with Gasteiger partial charge in [0.1, 0.15) is 18.8 Å². The minimum atomic E-state index is -0.982. The van der Waals surface area contributed by atoms with Crippen molar-refractivity contribution in [1.29, 1.82) is 0 Å². The van der Waals surface area contributed by atoms with Crippen LogP contribution in [0.15, 0.2) is 48.5 Å². The summed E-state index contributed by atoms with van der Waals surface area (Å²) in [5.41, 5.74) is 4.62. The van der Waals surface area contributed by atoms with Gasteiger partial charge in [0.15, 0.2) is 0 Å². The molecule has 0 spiro atoms. The minimum Gasteiger partial charge on any atom is -0.480 e. The van der Waals surface area contributed by atoms with E-state index in [0.29, 0.717) is 26.0 Å². The molecule has 8 nitrogen and oxygen atoms in total. The highest BCUT2D eigenvalue weighted by Crippen LogP contribution is 2.44. The largest absolute Gasteiger partial charge is 0.480 e. The zero-order valence-corrected chi connectivity index (χ0v) is 19.5. The number of hydrogen-bond acceptors (Lipinski definition) is 5. The third-order valence-electron chi connectivity index (χ3n) is 7.38. The molecule has 0 aromatic heterocycles. The highest BCUT2D eigenvalue weighted by molar-refractivity contribution is 5.87. The van der Waals surface area contributed by atoms with Gasteiger partial charge in [0.05, 0.1) is 0 Å². The van der Waals surface area contributed by atoms with E-state index in [0.717, 1.165) is 24.0 Å².